The van der Waals surface area contributed by atoms with Gasteiger partial charge in [0.2, 0.25) is 0 Å². The standard InChI is InChI=1S/C12H15BrO4/c1-7(2)6-17-11-9(13)4-8(12(14)15)5-10(11)16-3/h4-5,7H,6H2,1-3H3,(H,14,15). The van der Waals surface area contributed by atoms with E-state index in [1.54, 1.807) is 0 Å². The Balaban J connectivity index is 3.07. The SMILES string of the molecule is COc1cc(C(=O)O)cc(Br)c1OCC(C)C. The minimum Gasteiger partial charge on any atom is -0.493 e. The zero-order valence-corrected chi connectivity index (χ0v) is 11.6. The number of halogens is 1. The fourth-order valence-electron chi connectivity index (χ4n) is 1.23. The molecule has 0 spiro atoms. The zero-order chi connectivity index (χ0) is 13.0. The third-order valence-corrected chi connectivity index (χ3v) is 2.63. The fourth-order valence-corrected chi connectivity index (χ4v) is 1.79. The Morgan fingerprint density at radius 1 is 1.47 bits per heavy atom. The van der Waals surface area contributed by atoms with Crippen LogP contribution in [0.15, 0.2) is 16.6 Å². The highest BCUT2D eigenvalue weighted by Crippen LogP contribution is 2.36. The first-order valence-electron chi connectivity index (χ1n) is 5.19. The van der Waals surface area contributed by atoms with Crippen molar-refractivity contribution in [1.82, 2.24) is 0 Å². The highest BCUT2D eigenvalue weighted by Gasteiger charge is 2.15. The van der Waals surface area contributed by atoms with Crippen LogP contribution in [0, 0.1) is 5.92 Å². The molecule has 0 bridgehead atoms. The first-order valence-corrected chi connectivity index (χ1v) is 5.98. The molecule has 0 amide bonds. The molecule has 1 rings (SSSR count). The van der Waals surface area contributed by atoms with Gasteiger partial charge in [0.1, 0.15) is 0 Å². The summed E-state index contributed by atoms with van der Waals surface area (Å²) in [6.07, 6.45) is 0. The maximum atomic E-state index is 10.9. The van der Waals surface area contributed by atoms with E-state index in [0.29, 0.717) is 28.5 Å². The van der Waals surface area contributed by atoms with E-state index in [1.807, 2.05) is 13.8 Å². The third kappa shape index (κ3) is 3.63. The number of carboxylic acid groups (broad SMARTS) is 1. The van der Waals surface area contributed by atoms with Crippen molar-refractivity contribution in [2.24, 2.45) is 5.92 Å². The van der Waals surface area contributed by atoms with E-state index in [2.05, 4.69) is 15.9 Å². The quantitative estimate of drug-likeness (QED) is 0.907. The van der Waals surface area contributed by atoms with Gasteiger partial charge in [0.15, 0.2) is 11.5 Å². The monoisotopic (exact) mass is 302 g/mol. The van der Waals surface area contributed by atoms with Gasteiger partial charge in [-0.15, -0.1) is 0 Å². The molecule has 1 aromatic carbocycles. The molecular weight excluding hydrogens is 288 g/mol. The predicted molar refractivity (Wildman–Crippen MR) is 68.0 cm³/mol. The molecule has 0 aliphatic rings. The number of hydrogen-bond acceptors (Lipinski definition) is 3. The molecule has 4 nitrogen and oxygen atoms in total. The summed E-state index contributed by atoms with van der Waals surface area (Å²) in [6.45, 7) is 4.61. The summed E-state index contributed by atoms with van der Waals surface area (Å²) in [5.41, 5.74) is 0.158. The summed E-state index contributed by atoms with van der Waals surface area (Å²) in [5.74, 6) is 0.328. The average molecular weight is 303 g/mol. The van der Waals surface area contributed by atoms with Crippen LogP contribution in [0.3, 0.4) is 0 Å². The molecule has 0 fully saturated rings. The Morgan fingerprint density at radius 2 is 2.12 bits per heavy atom. The highest BCUT2D eigenvalue weighted by molar-refractivity contribution is 9.10. The summed E-state index contributed by atoms with van der Waals surface area (Å²) in [4.78, 5) is 10.9. The van der Waals surface area contributed by atoms with E-state index in [-0.39, 0.29) is 5.56 Å². The Hall–Kier alpha value is -1.23. The van der Waals surface area contributed by atoms with E-state index in [9.17, 15) is 4.79 Å². The van der Waals surface area contributed by atoms with Crippen molar-refractivity contribution in [1.29, 1.82) is 0 Å². The van der Waals surface area contributed by atoms with Crippen molar-refractivity contribution >= 4 is 21.9 Å². The van der Waals surface area contributed by atoms with Crippen LogP contribution in [-0.2, 0) is 0 Å². The average Bonchev–Trinajstić information content (AvgIpc) is 2.25. The summed E-state index contributed by atoms with van der Waals surface area (Å²) in [7, 11) is 1.48. The van der Waals surface area contributed by atoms with Crippen LogP contribution in [-0.4, -0.2) is 24.8 Å². The molecule has 17 heavy (non-hydrogen) atoms. The van der Waals surface area contributed by atoms with Gasteiger partial charge in [0.25, 0.3) is 0 Å². The largest absolute Gasteiger partial charge is 0.493 e. The van der Waals surface area contributed by atoms with Crippen molar-refractivity contribution in [3.05, 3.63) is 22.2 Å². The topological polar surface area (TPSA) is 55.8 Å². The van der Waals surface area contributed by atoms with Gasteiger partial charge in [0.05, 0.1) is 23.8 Å². The number of benzene rings is 1. The van der Waals surface area contributed by atoms with E-state index < -0.39 is 5.97 Å². The van der Waals surface area contributed by atoms with Gasteiger partial charge in [-0.25, -0.2) is 4.79 Å². The van der Waals surface area contributed by atoms with Gasteiger partial charge in [-0.05, 0) is 34.0 Å². The maximum absolute atomic E-state index is 10.9. The van der Waals surface area contributed by atoms with Crippen molar-refractivity contribution in [3.63, 3.8) is 0 Å². The predicted octanol–water partition coefficient (Wildman–Crippen LogP) is 3.19. The second-order valence-corrected chi connectivity index (χ2v) is 4.85. The number of methoxy groups -OCH3 is 1. The van der Waals surface area contributed by atoms with Crippen molar-refractivity contribution in [2.75, 3.05) is 13.7 Å². The number of aromatic carboxylic acids is 1. The highest BCUT2D eigenvalue weighted by atomic mass is 79.9. The molecule has 0 radical (unpaired) electrons. The van der Waals surface area contributed by atoms with Crippen LogP contribution in [0.4, 0.5) is 0 Å². The van der Waals surface area contributed by atoms with Gasteiger partial charge in [0, 0.05) is 0 Å². The summed E-state index contributed by atoms with van der Waals surface area (Å²) in [6, 6.07) is 2.95. The molecule has 94 valence electrons. The van der Waals surface area contributed by atoms with Gasteiger partial charge in [-0.2, -0.15) is 0 Å². The smallest absolute Gasteiger partial charge is 0.335 e. The van der Waals surface area contributed by atoms with Crippen molar-refractivity contribution < 1.29 is 19.4 Å². The first kappa shape index (κ1) is 13.8. The van der Waals surface area contributed by atoms with Crippen molar-refractivity contribution in [3.8, 4) is 11.5 Å². The van der Waals surface area contributed by atoms with Crippen LogP contribution in [0.5, 0.6) is 11.5 Å². The fraction of sp³-hybridized carbons (Fsp3) is 0.417. The maximum Gasteiger partial charge on any atom is 0.335 e. The Bertz CT molecular complexity index is 415. The Morgan fingerprint density at radius 3 is 2.59 bits per heavy atom. The molecule has 0 aliphatic heterocycles. The molecule has 5 heteroatoms. The lowest BCUT2D eigenvalue weighted by Gasteiger charge is -2.14. The van der Waals surface area contributed by atoms with Gasteiger partial charge < -0.3 is 14.6 Å². The summed E-state index contributed by atoms with van der Waals surface area (Å²) >= 11 is 3.29. The second-order valence-electron chi connectivity index (χ2n) is 4.00. The molecule has 0 aliphatic carbocycles. The van der Waals surface area contributed by atoms with E-state index in [0.717, 1.165) is 0 Å². The first-order chi connectivity index (χ1) is 7.95. The van der Waals surface area contributed by atoms with Crippen molar-refractivity contribution in [2.45, 2.75) is 13.8 Å². The third-order valence-electron chi connectivity index (χ3n) is 2.04. The molecule has 0 saturated carbocycles. The van der Waals surface area contributed by atoms with E-state index in [1.165, 1.54) is 19.2 Å². The molecular formula is C12H15BrO4. The molecule has 0 atom stereocenters. The summed E-state index contributed by atoms with van der Waals surface area (Å²) < 4.78 is 11.3. The number of ether oxygens (including phenoxy) is 2. The number of carboxylic acids is 1. The number of hydrogen-bond donors (Lipinski definition) is 1. The zero-order valence-electron chi connectivity index (χ0n) is 9.99. The van der Waals surface area contributed by atoms with Gasteiger partial charge in [-0.1, -0.05) is 13.8 Å². The van der Waals surface area contributed by atoms with E-state index >= 15 is 0 Å². The lowest BCUT2D eigenvalue weighted by molar-refractivity contribution is 0.0696. The summed E-state index contributed by atoms with van der Waals surface area (Å²) in [5, 5.41) is 8.92. The Kier molecular flexibility index (Phi) is 4.81. The lowest BCUT2D eigenvalue weighted by atomic mass is 10.2. The number of carbonyl (C=O) groups is 1. The van der Waals surface area contributed by atoms with Crippen LogP contribution < -0.4 is 9.47 Å². The second kappa shape index (κ2) is 5.91. The van der Waals surface area contributed by atoms with Crippen LogP contribution in [0.2, 0.25) is 0 Å². The molecule has 0 unspecified atom stereocenters. The van der Waals surface area contributed by atoms with Gasteiger partial charge in [-0.3, -0.25) is 0 Å². The van der Waals surface area contributed by atoms with Gasteiger partial charge >= 0.3 is 5.97 Å². The normalized spacial score (nSPS) is 10.4. The molecule has 0 heterocycles. The minimum absolute atomic E-state index is 0.158. The van der Waals surface area contributed by atoms with Crippen LogP contribution >= 0.6 is 15.9 Å². The Labute approximate surface area is 109 Å². The van der Waals surface area contributed by atoms with Crippen LogP contribution in [0.1, 0.15) is 24.2 Å². The molecule has 0 saturated heterocycles. The lowest BCUT2D eigenvalue weighted by Crippen LogP contribution is -2.07. The van der Waals surface area contributed by atoms with Crippen LogP contribution in [0.25, 0.3) is 0 Å². The molecule has 1 aromatic rings. The minimum atomic E-state index is -1.00. The molecule has 1 N–H and O–H groups in total. The number of rotatable bonds is 5. The molecule has 0 aromatic heterocycles. The van der Waals surface area contributed by atoms with E-state index in [4.69, 9.17) is 14.6 Å².